The van der Waals surface area contributed by atoms with Crippen LogP contribution in [0.25, 0.3) is 11.0 Å². The summed E-state index contributed by atoms with van der Waals surface area (Å²) in [5.41, 5.74) is 2.45. The molecule has 110 valence electrons. The van der Waals surface area contributed by atoms with Crippen LogP contribution in [0, 0.1) is 13.8 Å². The molecule has 3 nitrogen and oxygen atoms in total. The van der Waals surface area contributed by atoms with Gasteiger partial charge in [-0.05, 0) is 37.5 Å². The number of allylic oxidation sites excluding steroid dienone is 1. The lowest BCUT2D eigenvalue weighted by Crippen LogP contribution is -2.06. The molecule has 21 heavy (non-hydrogen) atoms. The van der Waals surface area contributed by atoms with E-state index in [1.807, 2.05) is 19.9 Å². The number of hydrogen-bond acceptors (Lipinski definition) is 3. The first-order valence-electron chi connectivity index (χ1n) is 6.61. The minimum atomic E-state index is -0.532. The molecule has 4 heteroatoms. The van der Waals surface area contributed by atoms with Gasteiger partial charge in [-0.15, -0.1) is 6.58 Å². The van der Waals surface area contributed by atoms with Gasteiger partial charge in [0, 0.05) is 10.9 Å². The quantitative estimate of drug-likeness (QED) is 0.609. The second-order valence-electron chi connectivity index (χ2n) is 4.79. The topological polar surface area (TPSA) is 39.4 Å². The molecule has 0 amide bonds. The average molecular weight is 305 g/mol. The van der Waals surface area contributed by atoms with Gasteiger partial charge < -0.3 is 9.15 Å². The van der Waals surface area contributed by atoms with Crippen LogP contribution >= 0.6 is 11.6 Å². The Kier molecular flexibility index (Phi) is 4.53. The second kappa shape index (κ2) is 6.19. The smallest absolute Gasteiger partial charge is 0.355 e. The van der Waals surface area contributed by atoms with Crippen molar-refractivity contribution in [2.24, 2.45) is 0 Å². The summed E-state index contributed by atoms with van der Waals surface area (Å²) in [6.07, 6.45) is 4.13. The van der Waals surface area contributed by atoms with Crippen molar-refractivity contribution in [1.82, 2.24) is 0 Å². The highest BCUT2D eigenvalue weighted by molar-refractivity contribution is 6.31. The molecule has 0 unspecified atom stereocenters. The van der Waals surface area contributed by atoms with Gasteiger partial charge in [0.25, 0.3) is 0 Å². The number of rotatable bonds is 5. The normalized spacial score (nSPS) is 10.6. The third kappa shape index (κ3) is 2.74. The molecule has 0 saturated carbocycles. The monoisotopic (exact) mass is 304 g/mol. The van der Waals surface area contributed by atoms with Gasteiger partial charge >= 0.3 is 5.63 Å². The molecule has 2 aromatic rings. The first-order valence-corrected chi connectivity index (χ1v) is 6.99. The third-order valence-electron chi connectivity index (χ3n) is 3.35. The standard InChI is InChI=1S/C17H17ClO3/c1-5-7-12-9-13-10(3)14(18)17(19)21-16(13)11(4)15(12)20-8-6-2/h5-6,9H,1-2,7-8H2,3-4H3. The van der Waals surface area contributed by atoms with Gasteiger partial charge in [-0.3, -0.25) is 0 Å². The van der Waals surface area contributed by atoms with Crippen molar-refractivity contribution in [3.8, 4) is 5.75 Å². The summed E-state index contributed by atoms with van der Waals surface area (Å²) in [5.74, 6) is 0.701. The summed E-state index contributed by atoms with van der Waals surface area (Å²) in [6.45, 7) is 11.5. The van der Waals surface area contributed by atoms with E-state index in [2.05, 4.69) is 13.2 Å². The molecule has 0 radical (unpaired) electrons. The number of ether oxygens (including phenoxy) is 1. The van der Waals surface area contributed by atoms with E-state index in [0.29, 0.717) is 29.9 Å². The Morgan fingerprint density at radius 2 is 2.00 bits per heavy atom. The van der Waals surface area contributed by atoms with E-state index in [1.165, 1.54) is 0 Å². The molecule has 0 aliphatic rings. The Bertz CT molecular complexity index is 772. The Balaban J connectivity index is 2.83. The van der Waals surface area contributed by atoms with Gasteiger partial charge in [0.05, 0.1) is 0 Å². The lowest BCUT2D eigenvalue weighted by atomic mass is 10.0. The lowest BCUT2D eigenvalue weighted by molar-refractivity contribution is 0.357. The van der Waals surface area contributed by atoms with Crippen molar-refractivity contribution >= 4 is 22.6 Å². The van der Waals surface area contributed by atoms with E-state index in [0.717, 1.165) is 16.5 Å². The van der Waals surface area contributed by atoms with E-state index in [9.17, 15) is 4.79 Å². The SMILES string of the molecule is C=CCOc1c(CC=C)cc2c(C)c(Cl)c(=O)oc2c1C. The molecule has 0 saturated heterocycles. The number of benzene rings is 1. The van der Waals surface area contributed by atoms with Crippen molar-refractivity contribution in [3.63, 3.8) is 0 Å². The maximum atomic E-state index is 11.8. The van der Waals surface area contributed by atoms with E-state index in [-0.39, 0.29) is 5.02 Å². The molecule has 0 N–H and O–H groups in total. The van der Waals surface area contributed by atoms with Crippen molar-refractivity contribution in [1.29, 1.82) is 0 Å². The molecule has 0 fully saturated rings. The second-order valence-corrected chi connectivity index (χ2v) is 5.17. The predicted molar refractivity (Wildman–Crippen MR) is 86.6 cm³/mol. The van der Waals surface area contributed by atoms with Gasteiger partial charge in [0.2, 0.25) is 0 Å². The minimum absolute atomic E-state index is 0.117. The van der Waals surface area contributed by atoms with Crippen LogP contribution in [0.4, 0.5) is 0 Å². The summed E-state index contributed by atoms with van der Waals surface area (Å²) >= 11 is 5.99. The molecule has 1 aromatic carbocycles. The van der Waals surface area contributed by atoms with Crippen LogP contribution < -0.4 is 10.4 Å². The van der Waals surface area contributed by atoms with Gasteiger partial charge in [0.15, 0.2) is 0 Å². The number of hydrogen-bond donors (Lipinski definition) is 0. The van der Waals surface area contributed by atoms with E-state index in [4.69, 9.17) is 20.8 Å². The van der Waals surface area contributed by atoms with Crippen LogP contribution in [0.2, 0.25) is 5.02 Å². The fraction of sp³-hybridized carbons (Fsp3) is 0.235. The highest BCUT2D eigenvalue weighted by atomic mass is 35.5. The van der Waals surface area contributed by atoms with E-state index >= 15 is 0 Å². The summed E-state index contributed by atoms with van der Waals surface area (Å²) in [5, 5.41) is 0.936. The summed E-state index contributed by atoms with van der Waals surface area (Å²) < 4.78 is 11.1. The van der Waals surface area contributed by atoms with Crippen molar-refractivity contribution in [2.45, 2.75) is 20.3 Å². The maximum absolute atomic E-state index is 11.8. The molecule has 0 aliphatic heterocycles. The average Bonchev–Trinajstić information content (AvgIpc) is 2.46. The molecule has 2 rings (SSSR count). The summed E-state index contributed by atoms with van der Waals surface area (Å²) in [6, 6.07) is 1.94. The van der Waals surface area contributed by atoms with Crippen molar-refractivity contribution in [2.75, 3.05) is 6.61 Å². The molecule has 0 bridgehead atoms. The highest BCUT2D eigenvalue weighted by Gasteiger charge is 2.17. The van der Waals surface area contributed by atoms with Crippen molar-refractivity contribution < 1.29 is 9.15 Å². The van der Waals surface area contributed by atoms with Crippen LogP contribution in [0.15, 0.2) is 40.6 Å². The van der Waals surface area contributed by atoms with Crippen molar-refractivity contribution in [3.05, 3.63) is 63.5 Å². The lowest BCUT2D eigenvalue weighted by Gasteiger charge is -2.15. The Morgan fingerprint density at radius 1 is 1.29 bits per heavy atom. The molecule has 1 heterocycles. The Hall–Kier alpha value is -2.00. The van der Waals surface area contributed by atoms with Gasteiger partial charge in [-0.25, -0.2) is 4.79 Å². The van der Waals surface area contributed by atoms with Gasteiger partial charge in [0.1, 0.15) is 23.0 Å². The minimum Gasteiger partial charge on any atom is -0.489 e. The molecular weight excluding hydrogens is 288 g/mol. The number of fused-ring (bicyclic) bond motifs is 1. The van der Waals surface area contributed by atoms with Gasteiger partial charge in [-0.2, -0.15) is 0 Å². The van der Waals surface area contributed by atoms with E-state index in [1.54, 1.807) is 12.2 Å². The molecule has 1 aromatic heterocycles. The fourth-order valence-corrected chi connectivity index (χ4v) is 2.46. The predicted octanol–water partition coefficient (Wildman–Crippen LogP) is 4.36. The molecular formula is C17H17ClO3. The number of halogens is 1. The van der Waals surface area contributed by atoms with Crippen LogP contribution in [0.1, 0.15) is 16.7 Å². The summed E-state index contributed by atoms with van der Waals surface area (Å²) in [4.78, 5) is 11.8. The zero-order valence-electron chi connectivity index (χ0n) is 12.2. The highest BCUT2D eigenvalue weighted by Crippen LogP contribution is 2.34. The maximum Gasteiger partial charge on any atom is 0.355 e. The number of aryl methyl sites for hydroxylation is 2. The van der Waals surface area contributed by atoms with Crippen LogP contribution in [-0.2, 0) is 6.42 Å². The van der Waals surface area contributed by atoms with E-state index < -0.39 is 5.63 Å². The Labute approximate surface area is 128 Å². The zero-order chi connectivity index (χ0) is 15.6. The Morgan fingerprint density at radius 3 is 2.62 bits per heavy atom. The first-order chi connectivity index (χ1) is 10.0. The first kappa shape index (κ1) is 15.4. The van der Waals surface area contributed by atoms with Gasteiger partial charge in [-0.1, -0.05) is 30.3 Å². The molecule has 0 spiro atoms. The molecule has 0 atom stereocenters. The van der Waals surface area contributed by atoms with Crippen LogP contribution in [0.3, 0.4) is 0 Å². The van der Waals surface area contributed by atoms with Crippen LogP contribution in [0.5, 0.6) is 5.75 Å². The molecule has 0 aliphatic carbocycles. The third-order valence-corrected chi connectivity index (χ3v) is 3.79. The summed E-state index contributed by atoms with van der Waals surface area (Å²) in [7, 11) is 0. The fourth-order valence-electron chi connectivity index (χ4n) is 2.32. The van der Waals surface area contributed by atoms with Crippen LogP contribution in [-0.4, -0.2) is 6.61 Å². The zero-order valence-corrected chi connectivity index (χ0v) is 12.9. The largest absolute Gasteiger partial charge is 0.489 e.